The number of fused-ring (bicyclic) bond motifs is 2. The van der Waals surface area contributed by atoms with Crippen molar-refractivity contribution in [3.8, 4) is 11.4 Å². The molecule has 0 unspecified atom stereocenters. The first kappa shape index (κ1) is 20.7. The normalized spacial score (nSPS) is 13.6. The molecule has 33 heavy (non-hydrogen) atoms. The van der Waals surface area contributed by atoms with Crippen LogP contribution in [0, 0.1) is 0 Å². The number of ether oxygens (including phenoxy) is 1. The van der Waals surface area contributed by atoms with Gasteiger partial charge in [0.05, 0.1) is 47.2 Å². The Morgan fingerprint density at radius 2 is 1.55 bits per heavy atom. The summed E-state index contributed by atoms with van der Waals surface area (Å²) in [4.78, 5) is 26.7. The van der Waals surface area contributed by atoms with E-state index in [1.54, 1.807) is 42.5 Å². The lowest BCUT2D eigenvalue weighted by Crippen LogP contribution is -2.29. The number of hydrogen-bond donors (Lipinski definition) is 0. The molecule has 0 radical (unpaired) electrons. The SMILES string of the molecule is COc1ccc2c(CN3C(=O)c4ccccc4C3=O)nn(-c3ccc(C(F)(F)F)cc3)c2c1. The lowest BCUT2D eigenvalue weighted by Gasteiger charge is -2.12. The second-order valence-corrected chi connectivity index (χ2v) is 7.53. The molecule has 166 valence electrons. The van der Waals surface area contributed by atoms with Gasteiger partial charge in [-0.2, -0.15) is 18.3 Å². The van der Waals surface area contributed by atoms with Gasteiger partial charge in [0, 0.05) is 11.5 Å². The van der Waals surface area contributed by atoms with Gasteiger partial charge >= 0.3 is 6.18 Å². The highest BCUT2D eigenvalue weighted by molar-refractivity contribution is 6.21. The molecule has 2 heterocycles. The zero-order valence-corrected chi connectivity index (χ0v) is 17.3. The van der Waals surface area contributed by atoms with Gasteiger partial charge in [-0.3, -0.25) is 14.5 Å². The summed E-state index contributed by atoms with van der Waals surface area (Å²) in [6, 6.07) is 16.3. The first-order valence-electron chi connectivity index (χ1n) is 9.96. The molecule has 2 amide bonds. The summed E-state index contributed by atoms with van der Waals surface area (Å²) in [5.41, 5.74) is 1.29. The second-order valence-electron chi connectivity index (χ2n) is 7.53. The molecule has 1 aromatic heterocycles. The summed E-state index contributed by atoms with van der Waals surface area (Å²) in [5, 5.41) is 5.20. The maximum Gasteiger partial charge on any atom is 0.416 e. The fourth-order valence-electron chi connectivity index (χ4n) is 3.92. The Morgan fingerprint density at radius 1 is 0.909 bits per heavy atom. The number of carbonyl (C=O) groups is 2. The number of hydrogen-bond acceptors (Lipinski definition) is 4. The van der Waals surface area contributed by atoms with Crippen LogP contribution in [0.3, 0.4) is 0 Å². The Balaban J connectivity index is 1.58. The predicted molar refractivity (Wildman–Crippen MR) is 113 cm³/mol. The van der Waals surface area contributed by atoms with Crippen molar-refractivity contribution in [3.63, 3.8) is 0 Å². The molecule has 0 bridgehead atoms. The van der Waals surface area contributed by atoms with E-state index in [-0.39, 0.29) is 6.54 Å². The van der Waals surface area contributed by atoms with Crippen molar-refractivity contribution < 1.29 is 27.5 Å². The number of imide groups is 1. The lowest BCUT2D eigenvalue weighted by molar-refractivity contribution is -0.137. The van der Waals surface area contributed by atoms with Crippen LogP contribution in [-0.4, -0.2) is 33.6 Å². The third-order valence-electron chi connectivity index (χ3n) is 5.59. The van der Waals surface area contributed by atoms with Gasteiger partial charge in [-0.1, -0.05) is 12.1 Å². The molecule has 4 aromatic rings. The number of aromatic nitrogens is 2. The monoisotopic (exact) mass is 451 g/mol. The molecule has 0 fully saturated rings. The number of rotatable bonds is 4. The molecular weight excluding hydrogens is 435 g/mol. The van der Waals surface area contributed by atoms with E-state index in [1.165, 1.54) is 23.9 Å². The van der Waals surface area contributed by atoms with Crippen LogP contribution in [0.15, 0.2) is 66.7 Å². The minimum atomic E-state index is -4.45. The van der Waals surface area contributed by atoms with Crippen LogP contribution in [0.2, 0.25) is 0 Å². The van der Waals surface area contributed by atoms with Crippen molar-refractivity contribution in [2.45, 2.75) is 12.7 Å². The van der Waals surface area contributed by atoms with Gasteiger partial charge in [-0.25, -0.2) is 4.68 Å². The van der Waals surface area contributed by atoms with Crippen molar-refractivity contribution in [1.29, 1.82) is 0 Å². The number of carbonyl (C=O) groups excluding carboxylic acids is 2. The third kappa shape index (κ3) is 3.42. The Hall–Kier alpha value is -4.14. The van der Waals surface area contributed by atoms with Crippen LogP contribution in [0.5, 0.6) is 5.75 Å². The van der Waals surface area contributed by atoms with Gasteiger partial charge in [0.25, 0.3) is 11.8 Å². The quantitative estimate of drug-likeness (QED) is 0.416. The standard InChI is InChI=1S/C24H16F3N3O3/c1-33-16-10-11-19-20(13-29-22(31)17-4-2-3-5-18(17)23(29)32)28-30(21(19)12-16)15-8-6-14(7-9-15)24(25,26)27/h2-12H,13H2,1H3. The number of nitrogens with zero attached hydrogens (tertiary/aromatic N) is 3. The molecule has 0 atom stereocenters. The van der Waals surface area contributed by atoms with Crippen LogP contribution in [0.4, 0.5) is 13.2 Å². The van der Waals surface area contributed by atoms with E-state index in [4.69, 9.17) is 4.74 Å². The smallest absolute Gasteiger partial charge is 0.416 e. The minimum absolute atomic E-state index is 0.0805. The van der Waals surface area contributed by atoms with Gasteiger partial charge in [-0.15, -0.1) is 0 Å². The number of halogens is 3. The number of methoxy groups -OCH3 is 1. The molecule has 0 saturated carbocycles. The van der Waals surface area contributed by atoms with Gasteiger partial charge in [0.1, 0.15) is 5.75 Å². The van der Waals surface area contributed by atoms with E-state index in [0.29, 0.717) is 39.2 Å². The second kappa shape index (κ2) is 7.47. The Morgan fingerprint density at radius 3 is 2.12 bits per heavy atom. The molecule has 3 aromatic carbocycles. The average molecular weight is 451 g/mol. The highest BCUT2D eigenvalue weighted by Gasteiger charge is 2.36. The van der Waals surface area contributed by atoms with Gasteiger partial charge in [0.15, 0.2) is 0 Å². The molecule has 6 nitrogen and oxygen atoms in total. The van der Waals surface area contributed by atoms with Crippen LogP contribution in [0.1, 0.15) is 32.0 Å². The largest absolute Gasteiger partial charge is 0.497 e. The van der Waals surface area contributed by atoms with E-state index in [1.807, 2.05) is 0 Å². The van der Waals surface area contributed by atoms with Crippen molar-refractivity contribution in [2.24, 2.45) is 0 Å². The maximum absolute atomic E-state index is 13.0. The van der Waals surface area contributed by atoms with Crippen LogP contribution in [-0.2, 0) is 12.7 Å². The zero-order valence-electron chi connectivity index (χ0n) is 17.3. The van der Waals surface area contributed by atoms with Crippen molar-refractivity contribution in [1.82, 2.24) is 14.7 Å². The molecule has 9 heteroatoms. The summed E-state index contributed by atoms with van der Waals surface area (Å²) in [6.45, 7) is -0.0805. The van der Waals surface area contributed by atoms with E-state index >= 15 is 0 Å². The highest BCUT2D eigenvalue weighted by atomic mass is 19.4. The van der Waals surface area contributed by atoms with Crippen LogP contribution < -0.4 is 4.74 Å². The fraction of sp³-hybridized carbons (Fsp3) is 0.125. The molecule has 0 N–H and O–H groups in total. The van der Waals surface area contributed by atoms with Crippen molar-refractivity contribution >= 4 is 22.7 Å². The van der Waals surface area contributed by atoms with E-state index in [9.17, 15) is 22.8 Å². The molecule has 1 aliphatic rings. The molecular formula is C24H16F3N3O3. The summed E-state index contributed by atoms with van der Waals surface area (Å²) in [7, 11) is 1.50. The highest BCUT2D eigenvalue weighted by Crippen LogP contribution is 2.32. The molecule has 1 aliphatic heterocycles. The first-order chi connectivity index (χ1) is 15.8. The van der Waals surface area contributed by atoms with Gasteiger partial charge < -0.3 is 4.74 Å². The molecule has 5 rings (SSSR count). The predicted octanol–water partition coefficient (Wildman–Crippen LogP) is 4.85. The number of benzene rings is 3. The van der Waals surface area contributed by atoms with E-state index in [0.717, 1.165) is 17.0 Å². The number of alkyl halides is 3. The Bertz CT molecular complexity index is 1370. The third-order valence-corrected chi connectivity index (χ3v) is 5.59. The summed E-state index contributed by atoms with van der Waals surface area (Å²) in [6.07, 6.45) is -4.45. The van der Waals surface area contributed by atoms with Crippen molar-refractivity contribution in [3.05, 3.63) is 89.1 Å². The van der Waals surface area contributed by atoms with E-state index < -0.39 is 23.6 Å². The van der Waals surface area contributed by atoms with Crippen LogP contribution in [0.25, 0.3) is 16.6 Å². The van der Waals surface area contributed by atoms with Crippen molar-refractivity contribution in [2.75, 3.05) is 7.11 Å². The maximum atomic E-state index is 13.0. The molecule has 0 saturated heterocycles. The average Bonchev–Trinajstić information content (AvgIpc) is 3.29. The minimum Gasteiger partial charge on any atom is -0.497 e. The molecule has 0 aliphatic carbocycles. The molecule has 0 spiro atoms. The lowest BCUT2D eigenvalue weighted by atomic mass is 10.1. The summed E-state index contributed by atoms with van der Waals surface area (Å²) < 4.78 is 45.7. The van der Waals surface area contributed by atoms with Crippen LogP contribution >= 0.6 is 0 Å². The first-order valence-corrected chi connectivity index (χ1v) is 9.96. The van der Waals surface area contributed by atoms with Gasteiger partial charge in [-0.05, 0) is 48.5 Å². The fourth-order valence-corrected chi connectivity index (χ4v) is 3.92. The summed E-state index contributed by atoms with van der Waals surface area (Å²) >= 11 is 0. The van der Waals surface area contributed by atoms with Gasteiger partial charge in [0.2, 0.25) is 0 Å². The summed E-state index contributed by atoms with van der Waals surface area (Å²) in [5.74, 6) is -0.300. The number of amides is 2. The Kier molecular flexibility index (Phi) is 4.70. The van der Waals surface area contributed by atoms with E-state index in [2.05, 4.69) is 5.10 Å². The zero-order chi connectivity index (χ0) is 23.3. The Labute approximate surface area is 185 Å². The topological polar surface area (TPSA) is 64.4 Å².